The summed E-state index contributed by atoms with van der Waals surface area (Å²) in [4.78, 5) is 59.9. The molecular formula is C29H45N5O5S2. The van der Waals surface area contributed by atoms with Crippen LogP contribution in [-0.2, 0) is 30.4 Å². The number of hydrogen-bond acceptors (Lipinski definition) is 9. The second kappa shape index (κ2) is 18.7. The van der Waals surface area contributed by atoms with Gasteiger partial charge in [-0.2, -0.15) is 23.5 Å². The molecule has 1 aromatic rings. The molecule has 1 rings (SSSR count). The normalized spacial score (nSPS) is 16.4. The molecule has 41 heavy (non-hydrogen) atoms. The molecule has 0 saturated carbocycles. The van der Waals surface area contributed by atoms with E-state index in [0.29, 0.717) is 42.1 Å². The minimum Gasteiger partial charge on any atom is -0.348 e. The number of carbonyl (C=O) groups excluding carboxylic acids is 5. The van der Waals surface area contributed by atoms with E-state index in [1.807, 2.05) is 56.3 Å². The van der Waals surface area contributed by atoms with Crippen molar-refractivity contribution in [3.05, 3.63) is 48.0 Å². The van der Waals surface area contributed by atoms with E-state index in [9.17, 15) is 24.0 Å². The van der Waals surface area contributed by atoms with Gasteiger partial charge in [-0.3, -0.25) is 14.4 Å². The lowest BCUT2D eigenvalue weighted by atomic mass is 9.96. The van der Waals surface area contributed by atoms with Crippen LogP contribution in [0.5, 0.6) is 0 Å². The van der Waals surface area contributed by atoms with Crippen molar-refractivity contribution in [2.75, 3.05) is 29.6 Å². The fourth-order valence-corrected chi connectivity index (χ4v) is 5.43. The van der Waals surface area contributed by atoms with Crippen LogP contribution in [0.25, 0.3) is 0 Å². The van der Waals surface area contributed by atoms with Crippen LogP contribution < -0.4 is 27.4 Å². The predicted molar refractivity (Wildman–Crippen MR) is 168 cm³/mol. The Bertz CT molecular complexity index is 1020. The largest absolute Gasteiger partial charge is 0.348 e. The summed E-state index contributed by atoms with van der Waals surface area (Å²) in [7, 11) is 0. The highest BCUT2D eigenvalue weighted by Gasteiger charge is 2.34. The molecule has 228 valence electrons. The Morgan fingerprint density at radius 1 is 0.927 bits per heavy atom. The maximum atomic E-state index is 12.8. The molecule has 3 amide bonds. The quantitative estimate of drug-likeness (QED) is 0.0830. The van der Waals surface area contributed by atoms with Crippen molar-refractivity contribution in [3.8, 4) is 0 Å². The maximum Gasteiger partial charge on any atom is 0.243 e. The number of nitrogens with one attached hydrogen (secondary N) is 3. The van der Waals surface area contributed by atoms with Crippen LogP contribution in [0, 0.1) is 5.92 Å². The SMILES string of the molecule is CC[C@H](C)[C@H](NC(=O)[C@@](C)(N)CSCC=CCSC[C@](C)(N)C(=O)N[C@H](C=O)Cc1ccccc1)C(=O)NCC=O. The highest BCUT2D eigenvalue weighted by Crippen LogP contribution is 2.16. The summed E-state index contributed by atoms with van der Waals surface area (Å²) in [5.74, 6) is 0.604. The Morgan fingerprint density at radius 3 is 1.95 bits per heavy atom. The number of benzene rings is 1. The van der Waals surface area contributed by atoms with Gasteiger partial charge in [0.25, 0.3) is 0 Å². The second-order valence-electron chi connectivity index (χ2n) is 10.5. The molecule has 12 heteroatoms. The number of thioether (sulfide) groups is 2. The zero-order chi connectivity index (χ0) is 30.9. The van der Waals surface area contributed by atoms with E-state index < -0.39 is 35.0 Å². The average Bonchev–Trinajstić information content (AvgIpc) is 2.95. The Hall–Kier alpha value is -2.67. The van der Waals surface area contributed by atoms with Crippen LogP contribution in [0.15, 0.2) is 42.5 Å². The summed E-state index contributed by atoms with van der Waals surface area (Å²) in [6, 6.07) is 8.03. The molecular weight excluding hydrogens is 562 g/mol. The molecule has 0 radical (unpaired) electrons. The van der Waals surface area contributed by atoms with Crippen LogP contribution in [-0.4, -0.2) is 83.0 Å². The van der Waals surface area contributed by atoms with E-state index in [1.165, 1.54) is 23.5 Å². The van der Waals surface area contributed by atoms with Crippen LogP contribution in [0.3, 0.4) is 0 Å². The lowest BCUT2D eigenvalue weighted by Crippen LogP contribution is -2.60. The van der Waals surface area contributed by atoms with Gasteiger partial charge in [0.05, 0.1) is 12.6 Å². The van der Waals surface area contributed by atoms with Gasteiger partial charge in [-0.25, -0.2) is 0 Å². The summed E-state index contributed by atoms with van der Waals surface area (Å²) in [5, 5.41) is 7.98. The molecule has 1 aromatic carbocycles. The number of aldehydes is 2. The van der Waals surface area contributed by atoms with Crippen molar-refractivity contribution in [2.45, 2.75) is 63.7 Å². The summed E-state index contributed by atoms with van der Waals surface area (Å²) in [6.07, 6.45) is 6.29. The van der Waals surface area contributed by atoms with Crippen LogP contribution in [0.2, 0.25) is 0 Å². The monoisotopic (exact) mass is 607 g/mol. The molecule has 10 nitrogen and oxygen atoms in total. The van der Waals surface area contributed by atoms with Crippen LogP contribution >= 0.6 is 23.5 Å². The van der Waals surface area contributed by atoms with Gasteiger partial charge in [0.1, 0.15) is 29.7 Å². The van der Waals surface area contributed by atoms with Gasteiger partial charge in [0.15, 0.2) is 0 Å². The maximum absolute atomic E-state index is 12.8. The third-order valence-corrected chi connectivity index (χ3v) is 8.82. The predicted octanol–water partition coefficient (Wildman–Crippen LogP) is 1.22. The minimum absolute atomic E-state index is 0.116. The Kier molecular flexibility index (Phi) is 16.6. The van der Waals surface area contributed by atoms with E-state index in [2.05, 4.69) is 16.0 Å². The Morgan fingerprint density at radius 2 is 1.46 bits per heavy atom. The Balaban J connectivity index is 2.43. The van der Waals surface area contributed by atoms with Crippen molar-refractivity contribution in [1.82, 2.24) is 16.0 Å². The molecule has 0 fully saturated rings. The smallest absolute Gasteiger partial charge is 0.243 e. The zero-order valence-electron chi connectivity index (χ0n) is 24.4. The van der Waals surface area contributed by atoms with Crippen LogP contribution in [0.4, 0.5) is 0 Å². The fraction of sp³-hybridized carbons (Fsp3) is 0.552. The molecule has 0 spiro atoms. The van der Waals surface area contributed by atoms with E-state index in [4.69, 9.17) is 11.5 Å². The standard InChI is InChI=1S/C29H45N5O5S2/c1-5-21(2)24(25(37)32-13-14-35)34-27(39)29(4,31)20-41-16-10-9-15-40-19-28(3,30)26(38)33-23(18-36)17-22-11-7-6-8-12-22/h6-12,14,18,21,23-24H,5,13,15-17,19-20,30-31H2,1-4H3,(H,32,37)(H,33,38)(H,34,39)/t21-,23-,24-,28-,29-/m0/s1. The highest BCUT2D eigenvalue weighted by molar-refractivity contribution is 7.99. The van der Waals surface area contributed by atoms with Gasteiger partial charge < -0.3 is 37.0 Å². The first-order chi connectivity index (χ1) is 19.4. The van der Waals surface area contributed by atoms with Gasteiger partial charge in [-0.15, -0.1) is 0 Å². The molecule has 5 atom stereocenters. The third-order valence-electron chi connectivity index (χ3n) is 6.36. The number of amides is 3. The molecule has 0 aliphatic heterocycles. The van der Waals surface area contributed by atoms with Crippen molar-refractivity contribution < 1.29 is 24.0 Å². The van der Waals surface area contributed by atoms with Gasteiger partial charge in [-0.05, 0) is 31.7 Å². The second-order valence-corrected chi connectivity index (χ2v) is 12.6. The van der Waals surface area contributed by atoms with Crippen molar-refractivity contribution >= 4 is 53.8 Å². The first-order valence-corrected chi connectivity index (χ1v) is 15.9. The summed E-state index contributed by atoms with van der Waals surface area (Å²) in [6.45, 7) is 6.91. The topological polar surface area (TPSA) is 173 Å². The number of nitrogens with two attached hydrogens (primary N) is 2. The van der Waals surface area contributed by atoms with E-state index in [-0.39, 0.29) is 18.4 Å². The fourth-order valence-electron chi connectivity index (χ4n) is 3.54. The number of rotatable bonds is 20. The van der Waals surface area contributed by atoms with Gasteiger partial charge in [0.2, 0.25) is 17.7 Å². The van der Waals surface area contributed by atoms with Crippen LogP contribution in [0.1, 0.15) is 39.7 Å². The molecule has 0 aliphatic rings. The van der Waals surface area contributed by atoms with Crippen molar-refractivity contribution in [1.29, 1.82) is 0 Å². The molecule has 0 saturated heterocycles. The van der Waals surface area contributed by atoms with Gasteiger partial charge in [-0.1, -0.05) is 62.8 Å². The Labute approximate surface area is 252 Å². The molecule has 7 N–H and O–H groups in total. The molecule has 0 unspecified atom stereocenters. The average molecular weight is 608 g/mol. The minimum atomic E-state index is -1.20. The molecule has 0 aromatic heterocycles. The number of carbonyl (C=O) groups is 5. The molecule has 0 heterocycles. The zero-order valence-corrected chi connectivity index (χ0v) is 26.0. The molecule has 0 bridgehead atoms. The lowest BCUT2D eigenvalue weighted by Gasteiger charge is -2.29. The lowest BCUT2D eigenvalue weighted by molar-refractivity contribution is -0.132. The van der Waals surface area contributed by atoms with E-state index in [0.717, 1.165) is 11.8 Å². The van der Waals surface area contributed by atoms with Gasteiger partial charge in [0, 0.05) is 23.0 Å². The summed E-state index contributed by atoms with van der Waals surface area (Å²) < 4.78 is 0. The highest BCUT2D eigenvalue weighted by atomic mass is 32.2. The van der Waals surface area contributed by atoms with Crippen molar-refractivity contribution in [2.24, 2.45) is 17.4 Å². The molecule has 0 aliphatic carbocycles. The van der Waals surface area contributed by atoms with Crippen molar-refractivity contribution in [3.63, 3.8) is 0 Å². The summed E-state index contributed by atoms with van der Waals surface area (Å²) in [5.41, 5.74) is 11.1. The third kappa shape index (κ3) is 13.7. The number of hydrogen-bond donors (Lipinski definition) is 5. The van der Waals surface area contributed by atoms with E-state index >= 15 is 0 Å². The first-order valence-electron chi connectivity index (χ1n) is 13.6. The van der Waals surface area contributed by atoms with E-state index in [1.54, 1.807) is 13.8 Å². The summed E-state index contributed by atoms with van der Waals surface area (Å²) >= 11 is 2.98. The van der Waals surface area contributed by atoms with Gasteiger partial charge >= 0.3 is 0 Å². The first kappa shape index (κ1) is 36.4.